The Hall–Kier alpha value is -2.94. The van der Waals surface area contributed by atoms with Crippen molar-refractivity contribution >= 4 is 17.6 Å². The molecule has 1 saturated heterocycles. The molecule has 0 unspecified atom stereocenters. The average molecular weight is 421 g/mol. The van der Waals surface area contributed by atoms with Crippen LogP contribution in [0.3, 0.4) is 0 Å². The second-order valence-electron chi connectivity index (χ2n) is 7.36. The maximum Gasteiger partial charge on any atom is 0.490 e. The van der Waals surface area contributed by atoms with Gasteiger partial charge in [0.25, 0.3) is 0 Å². The average Bonchev–Trinajstić information content (AvgIpc) is 2.93. The number of amides is 1. The van der Waals surface area contributed by atoms with Crippen LogP contribution in [0.15, 0.2) is 48.7 Å². The van der Waals surface area contributed by atoms with Crippen LogP contribution in [0.25, 0.3) is 0 Å². The normalized spacial score (nSPS) is 18.0. The zero-order chi connectivity index (χ0) is 21.9. The largest absolute Gasteiger partial charge is 0.490 e. The molecular weight excluding hydrogens is 399 g/mol. The van der Waals surface area contributed by atoms with E-state index in [4.69, 9.17) is 9.90 Å². The van der Waals surface area contributed by atoms with E-state index in [1.165, 1.54) is 5.56 Å². The smallest absolute Gasteiger partial charge is 0.475 e. The highest BCUT2D eigenvalue weighted by molar-refractivity contribution is 6.07. The number of likely N-dealkylation sites (N-methyl/N-ethyl adjacent to an activating group) is 1. The van der Waals surface area contributed by atoms with Gasteiger partial charge in [-0.05, 0) is 49.7 Å². The zero-order valence-corrected chi connectivity index (χ0v) is 16.4. The van der Waals surface area contributed by atoms with Crippen LogP contribution >= 0.6 is 0 Å². The molecule has 1 aromatic carbocycles. The first-order chi connectivity index (χ1) is 14.1. The molecule has 0 bridgehead atoms. The minimum Gasteiger partial charge on any atom is -0.475 e. The van der Waals surface area contributed by atoms with E-state index in [0.717, 1.165) is 43.9 Å². The number of carbonyl (C=O) groups is 2. The molecule has 0 atom stereocenters. The Morgan fingerprint density at radius 3 is 2.30 bits per heavy atom. The molecule has 2 aliphatic rings. The standard InChI is InChI=1S/C19H21N3O.C2HF3O2/c1-21-17-8-3-2-7-16(17)19(18(21)23)9-12-22(13-10-19)14-15-6-4-5-11-20-15;3-2(4,5)1(6)7/h2-8,11H,9-10,12-14H2,1H3;(H,6,7). The SMILES string of the molecule is CN1C(=O)C2(CCN(Cc3ccccn3)CC2)c2ccccc21.O=C(O)C(F)(F)F. The fourth-order valence-electron chi connectivity index (χ4n) is 4.01. The first-order valence-electron chi connectivity index (χ1n) is 9.45. The lowest BCUT2D eigenvalue weighted by Crippen LogP contribution is -2.47. The number of carbonyl (C=O) groups excluding carboxylic acids is 1. The van der Waals surface area contributed by atoms with Gasteiger partial charge in [-0.2, -0.15) is 13.2 Å². The number of hydrogen-bond donors (Lipinski definition) is 1. The lowest BCUT2D eigenvalue weighted by atomic mass is 9.73. The molecule has 0 radical (unpaired) electrons. The van der Waals surface area contributed by atoms with Crippen LogP contribution in [0.4, 0.5) is 18.9 Å². The fourth-order valence-corrected chi connectivity index (χ4v) is 4.01. The number of anilines is 1. The lowest BCUT2D eigenvalue weighted by Gasteiger charge is -2.38. The van der Waals surface area contributed by atoms with Crippen molar-refractivity contribution in [2.45, 2.75) is 31.0 Å². The quantitative estimate of drug-likeness (QED) is 0.806. The first kappa shape index (κ1) is 21.8. The lowest BCUT2D eigenvalue weighted by molar-refractivity contribution is -0.192. The molecule has 1 spiro atoms. The molecule has 1 amide bonds. The predicted molar refractivity (Wildman–Crippen MR) is 104 cm³/mol. The molecule has 1 fully saturated rings. The van der Waals surface area contributed by atoms with Crippen LogP contribution < -0.4 is 4.90 Å². The number of fused-ring (bicyclic) bond motifs is 2. The minimum absolute atomic E-state index is 0.260. The number of benzene rings is 1. The molecule has 6 nitrogen and oxygen atoms in total. The summed E-state index contributed by atoms with van der Waals surface area (Å²) in [4.78, 5) is 30.4. The Labute approximate surface area is 171 Å². The van der Waals surface area contributed by atoms with Gasteiger partial charge in [-0.3, -0.25) is 14.7 Å². The van der Waals surface area contributed by atoms with Gasteiger partial charge in [0.1, 0.15) is 0 Å². The first-order valence-corrected chi connectivity index (χ1v) is 9.45. The van der Waals surface area contributed by atoms with Crippen LogP contribution in [-0.4, -0.2) is 53.2 Å². The highest BCUT2D eigenvalue weighted by Crippen LogP contribution is 2.47. The van der Waals surface area contributed by atoms with Crippen molar-refractivity contribution in [3.05, 3.63) is 59.9 Å². The maximum atomic E-state index is 12.9. The number of pyridine rings is 1. The van der Waals surface area contributed by atoms with Gasteiger partial charge in [-0.25, -0.2) is 4.79 Å². The number of carboxylic acids is 1. The molecular formula is C21H22F3N3O3. The van der Waals surface area contributed by atoms with Gasteiger partial charge >= 0.3 is 12.1 Å². The molecule has 4 rings (SSSR count). The predicted octanol–water partition coefficient (Wildman–Crippen LogP) is 3.23. The zero-order valence-electron chi connectivity index (χ0n) is 16.4. The van der Waals surface area contributed by atoms with E-state index in [1.807, 2.05) is 42.4 Å². The second-order valence-corrected chi connectivity index (χ2v) is 7.36. The number of para-hydroxylation sites is 1. The summed E-state index contributed by atoms with van der Waals surface area (Å²) in [6, 6.07) is 14.3. The van der Waals surface area contributed by atoms with Crippen LogP contribution in [0.5, 0.6) is 0 Å². The Bertz CT molecular complexity index is 910. The highest BCUT2D eigenvalue weighted by Gasteiger charge is 2.50. The van der Waals surface area contributed by atoms with Gasteiger partial charge in [-0.15, -0.1) is 0 Å². The van der Waals surface area contributed by atoms with Crippen LogP contribution in [0.2, 0.25) is 0 Å². The van der Waals surface area contributed by atoms with E-state index in [-0.39, 0.29) is 11.3 Å². The summed E-state index contributed by atoms with van der Waals surface area (Å²) in [5.41, 5.74) is 3.07. The third-order valence-electron chi connectivity index (χ3n) is 5.56. The van der Waals surface area contributed by atoms with Gasteiger partial charge in [0.05, 0.1) is 11.1 Å². The topological polar surface area (TPSA) is 73.7 Å². The number of aromatic nitrogens is 1. The van der Waals surface area contributed by atoms with Gasteiger partial charge in [0, 0.05) is 25.5 Å². The molecule has 1 aromatic heterocycles. The van der Waals surface area contributed by atoms with E-state index in [9.17, 15) is 18.0 Å². The number of rotatable bonds is 2. The number of halogens is 3. The van der Waals surface area contributed by atoms with E-state index in [1.54, 1.807) is 0 Å². The van der Waals surface area contributed by atoms with Crippen molar-refractivity contribution in [1.29, 1.82) is 0 Å². The van der Waals surface area contributed by atoms with E-state index >= 15 is 0 Å². The van der Waals surface area contributed by atoms with Crippen LogP contribution in [0.1, 0.15) is 24.1 Å². The number of alkyl halides is 3. The maximum absolute atomic E-state index is 12.9. The Balaban J connectivity index is 0.000000318. The Kier molecular flexibility index (Phi) is 6.12. The number of likely N-dealkylation sites (tertiary alicyclic amines) is 1. The van der Waals surface area contributed by atoms with E-state index in [2.05, 4.69) is 28.1 Å². The molecule has 2 aromatic rings. The number of hydrogen-bond acceptors (Lipinski definition) is 4. The van der Waals surface area contributed by atoms with Crippen molar-refractivity contribution < 1.29 is 27.9 Å². The number of piperidine rings is 1. The molecule has 0 saturated carbocycles. The fraction of sp³-hybridized carbons (Fsp3) is 0.381. The number of aliphatic carboxylic acids is 1. The van der Waals surface area contributed by atoms with E-state index < -0.39 is 12.1 Å². The second kappa shape index (κ2) is 8.43. The summed E-state index contributed by atoms with van der Waals surface area (Å²) in [6.45, 7) is 2.73. The Morgan fingerprint density at radius 2 is 1.73 bits per heavy atom. The summed E-state index contributed by atoms with van der Waals surface area (Å²) in [7, 11) is 1.90. The van der Waals surface area contributed by atoms with Gasteiger partial charge in [0.2, 0.25) is 5.91 Å². The molecule has 30 heavy (non-hydrogen) atoms. The number of carboxylic acid groups (broad SMARTS) is 1. The summed E-state index contributed by atoms with van der Waals surface area (Å²) in [5.74, 6) is -2.50. The monoisotopic (exact) mass is 421 g/mol. The minimum atomic E-state index is -5.08. The highest BCUT2D eigenvalue weighted by atomic mass is 19.4. The third-order valence-corrected chi connectivity index (χ3v) is 5.56. The van der Waals surface area contributed by atoms with Crippen molar-refractivity contribution in [2.75, 3.05) is 25.0 Å². The number of nitrogens with zero attached hydrogens (tertiary/aromatic N) is 3. The van der Waals surface area contributed by atoms with Gasteiger partial charge in [-0.1, -0.05) is 24.3 Å². The summed E-state index contributed by atoms with van der Waals surface area (Å²) in [5, 5.41) is 7.12. The van der Waals surface area contributed by atoms with Crippen molar-refractivity contribution in [3.63, 3.8) is 0 Å². The molecule has 160 valence electrons. The van der Waals surface area contributed by atoms with Crippen molar-refractivity contribution in [2.24, 2.45) is 0 Å². The van der Waals surface area contributed by atoms with Gasteiger partial charge in [0.15, 0.2) is 0 Å². The van der Waals surface area contributed by atoms with Crippen LogP contribution in [-0.2, 0) is 21.5 Å². The molecule has 1 N–H and O–H groups in total. The third kappa shape index (κ3) is 4.30. The van der Waals surface area contributed by atoms with E-state index in [0.29, 0.717) is 0 Å². The van der Waals surface area contributed by atoms with Crippen molar-refractivity contribution in [1.82, 2.24) is 9.88 Å². The summed E-state index contributed by atoms with van der Waals surface area (Å²) < 4.78 is 31.7. The van der Waals surface area contributed by atoms with Gasteiger partial charge < -0.3 is 10.0 Å². The summed E-state index contributed by atoms with van der Waals surface area (Å²) in [6.07, 6.45) is -1.47. The van der Waals surface area contributed by atoms with Crippen molar-refractivity contribution in [3.8, 4) is 0 Å². The van der Waals surface area contributed by atoms with Crippen LogP contribution in [0, 0.1) is 0 Å². The molecule has 3 heterocycles. The molecule has 0 aliphatic carbocycles. The Morgan fingerprint density at radius 1 is 1.13 bits per heavy atom. The molecule has 9 heteroatoms. The molecule has 2 aliphatic heterocycles. The summed E-state index contributed by atoms with van der Waals surface area (Å²) >= 11 is 0.